The third kappa shape index (κ3) is 4.59. The standard InChI is InChI=1S/C32H30N4O3S/c1-4-9-30-34-31-21(2)18-24(32-33-26-11-6-7-12-27(26)35(32)3)19-28(31)36(30)20-22-14-16-23(17-15-22)25-10-5-8-13-29(25)40(37,38)39/h5-8,10-19H,4,9,20H2,1-3H3,(H,37,38,39). The zero-order chi connectivity index (χ0) is 28.0. The van der Waals surface area contributed by atoms with Crippen LogP contribution < -0.4 is 0 Å². The van der Waals surface area contributed by atoms with Crippen molar-refractivity contribution in [2.75, 3.05) is 0 Å². The summed E-state index contributed by atoms with van der Waals surface area (Å²) in [6.45, 7) is 4.88. The third-order valence-electron chi connectivity index (χ3n) is 7.41. The van der Waals surface area contributed by atoms with Crippen molar-refractivity contribution in [1.82, 2.24) is 19.1 Å². The zero-order valence-corrected chi connectivity index (χ0v) is 23.5. The molecular formula is C32H30N4O3S. The van der Waals surface area contributed by atoms with E-state index in [1.807, 2.05) is 49.5 Å². The Morgan fingerprint density at radius 3 is 2.30 bits per heavy atom. The number of fused-ring (bicyclic) bond motifs is 2. The van der Waals surface area contributed by atoms with Gasteiger partial charge in [-0.25, -0.2) is 9.97 Å². The summed E-state index contributed by atoms with van der Waals surface area (Å²) in [7, 11) is -2.28. The first-order valence-electron chi connectivity index (χ1n) is 13.3. The smallest absolute Gasteiger partial charge is 0.295 e. The summed E-state index contributed by atoms with van der Waals surface area (Å²) in [6.07, 6.45) is 1.83. The van der Waals surface area contributed by atoms with Gasteiger partial charge in [0.15, 0.2) is 0 Å². The van der Waals surface area contributed by atoms with E-state index in [2.05, 4.69) is 41.2 Å². The van der Waals surface area contributed by atoms with Crippen LogP contribution in [0.2, 0.25) is 0 Å². The van der Waals surface area contributed by atoms with Crippen molar-refractivity contribution in [3.8, 4) is 22.5 Å². The number of benzene rings is 4. The molecule has 2 aromatic heterocycles. The van der Waals surface area contributed by atoms with Gasteiger partial charge in [0.25, 0.3) is 10.1 Å². The minimum Gasteiger partial charge on any atom is -0.327 e. The van der Waals surface area contributed by atoms with E-state index in [4.69, 9.17) is 9.97 Å². The number of para-hydroxylation sites is 2. The average molecular weight is 551 g/mol. The van der Waals surface area contributed by atoms with E-state index in [0.717, 1.165) is 68.8 Å². The first-order valence-corrected chi connectivity index (χ1v) is 14.8. The second-order valence-corrected chi connectivity index (χ2v) is 11.6. The number of hydrogen-bond acceptors (Lipinski definition) is 4. The molecule has 202 valence electrons. The quantitative estimate of drug-likeness (QED) is 0.221. The summed E-state index contributed by atoms with van der Waals surface area (Å²) in [5, 5.41) is 0. The molecule has 0 aliphatic heterocycles. The number of hydrogen-bond donors (Lipinski definition) is 1. The van der Waals surface area contributed by atoms with E-state index < -0.39 is 10.1 Å². The van der Waals surface area contributed by atoms with Crippen LogP contribution in [-0.4, -0.2) is 32.1 Å². The molecular weight excluding hydrogens is 520 g/mol. The molecule has 0 unspecified atom stereocenters. The maximum Gasteiger partial charge on any atom is 0.295 e. The van der Waals surface area contributed by atoms with Gasteiger partial charge in [0.05, 0.1) is 22.1 Å². The van der Waals surface area contributed by atoms with Crippen molar-refractivity contribution in [3.63, 3.8) is 0 Å². The molecule has 0 aliphatic carbocycles. The molecule has 0 radical (unpaired) electrons. The first-order chi connectivity index (χ1) is 19.2. The molecule has 0 saturated heterocycles. The molecule has 0 atom stereocenters. The lowest BCUT2D eigenvalue weighted by molar-refractivity contribution is 0.483. The van der Waals surface area contributed by atoms with Crippen molar-refractivity contribution in [3.05, 3.63) is 102 Å². The predicted octanol–water partition coefficient (Wildman–Crippen LogP) is 6.81. The van der Waals surface area contributed by atoms with Gasteiger partial charge in [0.1, 0.15) is 16.5 Å². The van der Waals surface area contributed by atoms with Gasteiger partial charge < -0.3 is 9.13 Å². The molecule has 6 aromatic rings. The fourth-order valence-electron chi connectivity index (χ4n) is 5.47. The largest absolute Gasteiger partial charge is 0.327 e. The Morgan fingerprint density at radius 2 is 1.57 bits per heavy atom. The normalized spacial score (nSPS) is 12.0. The topological polar surface area (TPSA) is 90.0 Å². The van der Waals surface area contributed by atoms with E-state index in [9.17, 15) is 13.0 Å². The highest BCUT2D eigenvalue weighted by atomic mass is 32.2. The minimum atomic E-state index is -4.33. The summed E-state index contributed by atoms with van der Waals surface area (Å²) in [6, 6.07) is 26.8. The maximum absolute atomic E-state index is 11.9. The fraction of sp³-hybridized carbons (Fsp3) is 0.188. The number of aromatic nitrogens is 4. The van der Waals surface area contributed by atoms with Gasteiger partial charge in [-0.15, -0.1) is 0 Å². The predicted molar refractivity (Wildman–Crippen MR) is 159 cm³/mol. The molecule has 0 saturated carbocycles. The molecule has 0 spiro atoms. The van der Waals surface area contributed by atoms with Crippen LogP contribution in [0.5, 0.6) is 0 Å². The van der Waals surface area contributed by atoms with Gasteiger partial charge in [-0.05, 0) is 60.4 Å². The SMILES string of the molecule is CCCc1nc2c(C)cc(-c3nc4ccccc4n3C)cc2n1Cc1ccc(-c2ccccc2S(=O)(=O)O)cc1. The first kappa shape index (κ1) is 26.0. The van der Waals surface area contributed by atoms with E-state index in [1.54, 1.807) is 18.2 Å². The molecule has 0 amide bonds. The maximum atomic E-state index is 11.9. The lowest BCUT2D eigenvalue weighted by Crippen LogP contribution is -2.05. The van der Waals surface area contributed by atoms with Crippen molar-refractivity contribution < 1.29 is 13.0 Å². The Morgan fingerprint density at radius 1 is 0.850 bits per heavy atom. The molecule has 7 nitrogen and oxygen atoms in total. The second-order valence-electron chi connectivity index (χ2n) is 10.2. The Bertz CT molecular complexity index is 1990. The number of rotatable bonds is 7. The van der Waals surface area contributed by atoms with Gasteiger partial charge in [-0.3, -0.25) is 4.55 Å². The van der Waals surface area contributed by atoms with Crippen LogP contribution in [0.25, 0.3) is 44.6 Å². The van der Waals surface area contributed by atoms with Gasteiger partial charge in [0, 0.05) is 31.1 Å². The van der Waals surface area contributed by atoms with Crippen molar-refractivity contribution >= 4 is 32.2 Å². The molecule has 4 aromatic carbocycles. The van der Waals surface area contributed by atoms with Crippen LogP contribution in [0, 0.1) is 6.92 Å². The van der Waals surface area contributed by atoms with E-state index in [0.29, 0.717) is 12.1 Å². The van der Waals surface area contributed by atoms with Crippen LogP contribution in [0.3, 0.4) is 0 Å². The van der Waals surface area contributed by atoms with E-state index in [-0.39, 0.29) is 4.90 Å². The Labute approximate surface area is 233 Å². The van der Waals surface area contributed by atoms with Crippen molar-refractivity contribution in [1.29, 1.82) is 0 Å². The van der Waals surface area contributed by atoms with Crippen molar-refractivity contribution in [2.45, 2.75) is 38.1 Å². The molecule has 1 N–H and O–H groups in total. The molecule has 0 bridgehead atoms. The number of nitrogens with zero attached hydrogens (tertiary/aromatic N) is 4. The molecule has 8 heteroatoms. The Kier molecular flexibility index (Phi) is 6.52. The number of imidazole rings is 2. The molecule has 0 fully saturated rings. The Hall–Kier alpha value is -4.27. The van der Waals surface area contributed by atoms with Gasteiger partial charge in [-0.1, -0.05) is 61.5 Å². The zero-order valence-electron chi connectivity index (χ0n) is 22.7. The van der Waals surface area contributed by atoms with Crippen LogP contribution in [0.4, 0.5) is 0 Å². The van der Waals surface area contributed by atoms with Crippen LogP contribution in [0.1, 0.15) is 30.3 Å². The summed E-state index contributed by atoms with van der Waals surface area (Å²) in [5.41, 5.74) is 8.52. The Balaban J connectivity index is 1.42. The van der Waals surface area contributed by atoms with Crippen LogP contribution in [0.15, 0.2) is 89.8 Å². The lowest BCUT2D eigenvalue weighted by Gasteiger charge is -2.12. The fourth-order valence-corrected chi connectivity index (χ4v) is 6.18. The molecule has 2 heterocycles. The summed E-state index contributed by atoms with van der Waals surface area (Å²) < 4.78 is 37.9. The van der Waals surface area contributed by atoms with Crippen LogP contribution in [-0.2, 0) is 30.1 Å². The highest BCUT2D eigenvalue weighted by Crippen LogP contribution is 2.31. The third-order valence-corrected chi connectivity index (χ3v) is 8.32. The summed E-state index contributed by atoms with van der Waals surface area (Å²) in [5.74, 6) is 1.95. The van der Waals surface area contributed by atoms with Gasteiger partial charge in [-0.2, -0.15) is 8.42 Å². The molecule has 40 heavy (non-hydrogen) atoms. The summed E-state index contributed by atoms with van der Waals surface area (Å²) in [4.78, 5) is 9.87. The second kappa shape index (κ2) is 10.0. The highest BCUT2D eigenvalue weighted by Gasteiger charge is 2.18. The van der Waals surface area contributed by atoms with Gasteiger partial charge >= 0.3 is 0 Å². The average Bonchev–Trinajstić information content (AvgIpc) is 3.46. The van der Waals surface area contributed by atoms with E-state index >= 15 is 0 Å². The highest BCUT2D eigenvalue weighted by molar-refractivity contribution is 7.86. The van der Waals surface area contributed by atoms with Gasteiger partial charge in [0.2, 0.25) is 0 Å². The lowest BCUT2D eigenvalue weighted by atomic mass is 10.0. The van der Waals surface area contributed by atoms with Crippen LogP contribution >= 0.6 is 0 Å². The molecule has 0 aliphatic rings. The monoisotopic (exact) mass is 550 g/mol. The minimum absolute atomic E-state index is 0.0986. The molecule has 6 rings (SSSR count). The number of aryl methyl sites for hydroxylation is 3. The summed E-state index contributed by atoms with van der Waals surface area (Å²) >= 11 is 0. The van der Waals surface area contributed by atoms with Crippen molar-refractivity contribution in [2.24, 2.45) is 7.05 Å². The van der Waals surface area contributed by atoms with E-state index in [1.165, 1.54) is 6.07 Å².